The van der Waals surface area contributed by atoms with Crippen molar-refractivity contribution >= 4 is 10.8 Å². The van der Waals surface area contributed by atoms with E-state index in [1.165, 1.54) is 24.3 Å². The Kier molecular flexibility index (Phi) is 7.31. The zero-order valence-corrected chi connectivity index (χ0v) is 18.8. The van der Waals surface area contributed by atoms with Crippen molar-refractivity contribution in [3.05, 3.63) is 130 Å². The summed E-state index contributed by atoms with van der Waals surface area (Å²) in [5.41, 5.74) is 0.814. The van der Waals surface area contributed by atoms with E-state index in [-0.39, 0.29) is 29.8 Å². The number of rotatable bonds is 6. The predicted octanol–water partition coefficient (Wildman–Crippen LogP) is 7.84. The maximum Gasteiger partial charge on any atom is 0.142 e. The second kappa shape index (κ2) is 10.6. The van der Waals surface area contributed by atoms with E-state index in [4.69, 9.17) is 0 Å². The fraction of sp³-hybridized carbons (Fsp3) is 0.133. The zero-order valence-electron chi connectivity index (χ0n) is 18.8. The highest BCUT2D eigenvalue weighted by Gasteiger charge is 2.14. The molecule has 4 rings (SSSR count). The van der Waals surface area contributed by atoms with Gasteiger partial charge in [0.2, 0.25) is 0 Å². The Bertz CT molecular complexity index is 1430. The fourth-order valence-electron chi connectivity index (χ4n) is 3.90. The van der Waals surface area contributed by atoms with Gasteiger partial charge < -0.3 is 0 Å². The summed E-state index contributed by atoms with van der Waals surface area (Å²) in [4.78, 5) is 0. The van der Waals surface area contributed by atoms with Gasteiger partial charge in [-0.2, -0.15) is 0 Å². The van der Waals surface area contributed by atoms with Crippen molar-refractivity contribution in [3.8, 4) is 11.8 Å². The fourth-order valence-corrected chi connectivity index (χ4v) is 3.90. The molecule has 35 heavy (non-hydrogen) atoms. The molecule has 176 valence electrons. The molecule has 0 aliphatic heterocycles. The van der Waals surface area contributed by atoms with Gasteiger partial charge in [-0.15, -0.1) is 6.58 Å². The molecule has 0 N–H and O–H groups in total. The number of fused-ring (bicyclic) bond motifs is 1. The first-order valence-corrected chi connectivity index (χ1v) is 11.1. The Morgan fingerprint density at radius 3 is 1.91 bits per heavy atom. The molecule has 0 bridgehead atoms. The summed E-state index contributed by atoms with van der Waals surface area (Å²) < 4.78 is 71.4. The van der Waals surface area contributed by atoms with Crippen LogP contribution in [-0.2, 0) is 19.3 Å². The molecule has 0 fully saturated rings. The molecule has 0 nitrogen and oxygen atoms in total. The molecule has 0 radical (unpaired) electrons. The normalized spacial score (nSPS) is 10.8. The van der Waals surface area contributed by atoms with Crippen LogP contribution in [0.25, 0.3) is 10.8 Å². The number of aryl methyl sites for hydroxylation is 2. The van der Waals surface area contributed by atoms with Gasteiger partial charge in [0, 0.05) is 11.1 Å². The minimum absolute atomic E-state index is 0.0407. The molecule has 0 atom stereocenters. The van der Waals surface area contributed by atoms with Crippen LogP contribution < -0.4 is 0 Å². The van der Waals surface area contributed by atoms with Crippen LogP contribution in [0, 0.1) is 40.9 Å². The minimum Gasteiger partial charge on any atom is -0.207 e. The molecule has 4 aromatic rings. The second-order valence-electron chi connectivity index (χ2n) is 8.26. The van der Waals surface area contributed by atoms with Gasteiger partial charge in [0.15, 0.2) is 0 Å². The van der Waals surface area contributed by atoms with Gasteiger partial charge in [-0.05, 0) is 96.1 Å². The Labute approximate surface area is 200 Å². The monoisotopic (exact) mass is 476 g/mol. The lowest BCUT2D eigenvalue weighted by Gasteiger charge is -2.09. The Morgan fingerprint density at radius 1 is 0.629 bits per heavy atom. The molecule has 0 amide bonds. The standard InChI is InChI=1S/C30H21F5/c1-2-3-4-20-14-27(32)26(28(33)15-20)12-7-21-16-29(34)25(30(35)17-21)11-6-19-5-8-23-18-24(31)10-9-22(23)13-19/h2,5,8-10,13-18H,1,3-4,7,12H2. The highest BCUT2D eigenvalue weighted by atomic mass is 19.1. The zero-order chi connectivity index (χ0) is 24.9. The lowest BCUT2D eigenvalue weighted by atomic mass is 9.99. The molecule has 0 heterocycles. The third-order valence-corrected chi connectivity index (χ3v) is 5.74. The first kappa shape index (κ1) is 24.2. The minimum atomic E-state index is -0.851. The number of benzene rings is 4. The summed E-state index contributed by atoms with van der Waals surface area (Å²) in [6.07, 6.45) is 2.77. The van der Waals surface area contributed by atoms with Crippen molar-refractivity contribution in [1.29, 1.82) is 0 Å². The average molecular weight is 476 g/mol. The van der Waals surface area contributed by atoms with Gasteiger partial charge in [0.1, 0.15) is 29.1 Å². The van der Waals surface area contributed by atoms with Crippen LogP contribution in [0.4, 0.5) is 22.0 Å². The van der Waals surface area contributed by atoms with Crippen LogP contribution in [0.3, 0.4) is 0 Å². The van der Waals surface area contributed by atoms with Crippen molar-refractivity contribution in [2.24, 2.45) is 0 Å². The summed E-state index contributed by atoms with van der Waals surface area (Å²) in [7, 11) is 0. The molecule has 5 heteroatoms. The molecule has 0 aliphatic rings. The van der Waals surface area contributed by atoms with Crippen molar-refractivity contribution in [3.63, 3.8) is 0 Å². The van der Waals surface area contributed by atoms with Crippen LogP contribution in [0.15, 0.2) is 73.3 Å². The Balaban J connectivity index is 1.51. The molecule has 0 aliphatic carbocycles. The Morgan fingerprint density at radius 2 is 1.23 bits per heavy atom. The topological polar surface area (TPSA) is 0 Å². The summed E-state index contributed by atoms with van der Waals surface area (Å²) in [6.45, 7) is 3.59. The summed E-state index contributed by atoms with van der Waals surface area (Å²) in [5.74, 6) is 1.84. The van der Waals surface area contributed by atoms with Gasteiger partial charge in [-0.1, -0.05) is 30.0 Å². The van der Waals surface area contributed by atoms with E-state index < -0.39 is 28.8 Å². The lowest BCUT2D eigenvalue weighted by Crippen LogP contribution is -2.02. The van der Waals surface area contributed by atoms with Crippen LogP contribution >= 0.6 is 0 Å². The van der Waals surface area contributed by atoms with Crippen LogP contribution in [0.1, 0.15) is 34.2 Å². The van der Waals surface area contributed by atoms with Gasteiger partial charge in [0.25, 0.3) is 0 Å². The average Bonchev–Trinajstić information content (AvgIpc) is 2.81. The molecular formula is C30H21F5. The third-order valence-electron chi connectivity index (χ3n) is 5.74. The van der Waals surface area contributed by atoms with Crippen molar-refractivity contribution in [1.82, 2.24) is 0 Å². The van der Waals surface area contributed by atoms with Crippen molar-refractivity contribution < 1.29 is 22.0 Å². The highest BCUT2D eigenvalue weighted by molar-refractivity contribution is 5.84. The summed E-state index contributed by atoms with van der Waals surface area (Å²) >= 11 is 0. The number of allylic oxidation sites excluding steroid dienone is 1. The second-order valence-corrected chi connectivity index (χ2v) is 8.26. The van der Waals surface area contributed by atoms with E-state index in [9.17, 15) is 22.0 Å². The molecule has 0 saturated carbocycles. The molecule has 0 spiro atoms. The molecule has 0 saturated heterocycles. The van der Waals surface area contributed by atoms with Gasteiger partial charge in [-0.3, -0.25) is 0 Å². The van der Waals surface area contributed by atoms with E-state index in [2.05, 4.69) is 18.4 Å². The molecule has 0 aromatic heterocycles. The summed E-state index contributed by atoms with van der Waals surface area (Å²) in [6, 6.07) is 14.2. The number of hydrogen-bond donors (Lipinski definition) is 0. The van der Waals surface area contributed by atoms with E-state index in [1.54, 1.807) is 30.3 Å². The third kappa shape index (κ3) is 5.78. The first-order valence-electron chi connectivity index (χ1n) is 11.1. The van der Waals surface area contributed by atoms with Gasteiger partial charge >= 0.3 is 0 Å². The van der Waals surface area contributed by atoms with E-state index in [1.807, 2.05) is 0 Å². The maximum atomic E-state index is 14.6. The number of hydrogen-bond acceptors (Lipinski definition) is 0. The van der Waals surface area contributed by atoms with Crippen LogP contribution in [-0.4, -0.2) is 0 Å². The van der Waals surface area contributed by atoms with E-state index >= 15 is 0 Å². The molecule has 0 unspecified atom stereocenters. The molecule has 4 aromatic carbocycles. The van der Waals surface area contributed by atoms with E-state index in [0.717, 1.165) is 17.5 Å². The smallest absolute Gasteiger partial charge is 0.142 e. The molecular weight excluding hydrogens is 455 g/mol. The first-order chi connectivity index (χ1) is 16.8. The maximum absolute atomic E-state index is 14.6. The van der Waals surface area contributed by atoms with Crippen molar-refractivity contribution in [2.45, 2.75) is 25.7 Å². The van der Waals surface area contributed by atoms with E-state index in [0.29, 0.717) is 29.4 Å². The van der Waals surface area contributed by atoms with Crippen LogP contribution in [0.5, 0.6) is 0 Å². The lowest BCUT2D eigenvalue weighted by molar-refractivity contribution is 0.549. The van der Waals surface area contributed by atoms with Gasteiger partial charge in [0.05, 0.1) is 5.56 Å². The van der Waals surface area contributed by atoms with Crippen LogP contribution in [0.2, 0.25) is 0 Å². The number of halogens is 5. The Hall–Kier alpha value is -3.91. The SMILES string of the molecule is C=CCCc1cc(F)c(CCc2cc(F)c(C#Cc3ccc4cc(F)ccc4c3)c(F)c2)c(F)c1. The largest absolute Gasteiger partial charge is 0.207 e. The summed E-state index contributed by atoms with van der Waals surface area (Å²) in [5, 5.41) is 1.44. The highest BCUT2D eigenvalue weighted by Crippen LogP contribution is 2.22. The van der Waals surface area contributed by atoms with Crippen molar-refractivity contribution in [2.75, 3.05) is 0 Å². The van der Waals surface area contributed by atoms with Gasteiger partial charge in [-0.25, -0.2) is 22.0 Å². The predicted molar refractivity (Wildman–Crippen MR) is 129 cm³/mol. The quantitative estimate of drug-likeness (QED) is 0.151.